The molecule has 70 valence electrons. The molecule has 0 aliphatic heterocycles. The summed E-state index contributed by atoms with van der Waals surface area (Å²) in [5.74, 6) is 0.0347. The van der Waals surface area contributed by atoms with Gasteiger partial charge in [0.2, 0.25) is 5.91 Å². The summed E-state index contributed by atoms with van der Waals surface area (Å²) in [6.07, 6.45) is 1.82. The van der Waals surface area contributed by atoms with E-state index in [1.807, 2.05) is 19.9 Å². The fourth-order valence-corrected chi connectivity index (χ4v) is 0.616. The first-order valence-electron chi connectivity index (χ1n) is 4.28. The van der Waals surface area contributed by atoms with Crippen molar-refractivity contribution in [3.63, 3.8) is 0 Å². The molecule has 0 saturated heterocycles. The van der Waals surface area contributed by atoms with Gasteiger partial charge in [0.1, 0.15) is 0 Å². The summed E-state index contributed by atoms with van der Waals surface area (Å²) in [7, 11) is 0. The van der Waals surface area contributed by atoms with E-state index in [4.69, 9.17) is 0 Å². The maximum Gasteiger partial charge on any atom is 0.246 e. The lowest BCUT2D eigenvalue weighted by atomic mass is 9.97. The monoisotopic (exact) mass is 169 g/mol. The lowest BCUT2D eigenvalue weighted by Crippen LogP contribution is -2.32. The van der Waals surface area contributed by atoms with E-state index in [0.29, 0.717) is 0 Å². The van der Waals surface area contributed by atoms with E-state index >= 15 is 0 Å². The summed E-state index contributed by atoms with van der Waals surface area (Å²) in [5, 5.41) is 2.87. The lowest BCUT2D eigenvalue weighted by molar-refractivity contribution is -0.117. The SMILES string of the molecule is C/C=C(/C)C(=O)NCC(C)(C)C. The first kappa shape index (κ1) is 11.2. The molecule has 0 fully saturated rings. The van der Waals surface area contributed by atoms with Gasteiger partial charge in [-0.2, -0.15) is 0 Å². The Morgan fingerprint density at radius 2 is 1.92 bits per heavy atom. The molecule has 0 aromatic heterocycles. The zero-order chi connectivity index (χ0) is 9.78. The molecular formula is C10H19NO. The first-order valence-corrected chi connectivity index (χ1v) is 4.28. The van der Waals surface area contributed by atoms with Crippen LogP contribution in [0.5, 0.6) is 0 Å². The van der Waals surface area contributed by atoms with Gasteiger partial charge in [-0.1, -0.05) is 26.8 Å². The normalized spacial score (nSPS) is 12.9. The molecule has 0 aromatic carbocycles. The van der Waals surface area contributed by atoms with Gasteiger partial charge < -0.3 is 5.32 Å². The Morgan fingerprint density at radius 1 is 1.42 bits per heavy atom. The summed E-state index contributed by atoms with van der Waals surface area (Å²) < 4.78 is 0. The molecule has 0 heterocycles. The second-order valence-electron chi connectivity index (χ2n) is 4.22. The molecule has 0 saturated carbocycles. The van der Waals surface area contributed by atoms with Crippen molar-refractivity contribution in [1.82, 2.24) is 5.32 Å². The highest BCUT2D eigenvalue weighted by atomic mass is 16.1. The van der Waals surface area contributed by atoms with Crippen LogP contribution in [-0.4, -0.2) is 12.5 Å². The van der Waals surface area contributed by atoms with Crippen LogP contribution in [0.3, 0.4) is 0 Å². The van der Waals surface area contributed by atoms with Crippen LogP contribution in [0.4, 0.5) is 0 Å². The predicted molar refractivity (Wildman–Crippen MR) is 51.9 cm³/mol. The van der Waals surface area contributed by atoms with E-state index in [1.165, 1.54) is 0 Å². The van der Waals surface area contributed by atoms with Crippen LogP contribution >= 0.6 is 0 Å². The third-order valence-electron chi connectivity index (χ3n) is 1.57. The van der Waals surface area contributed by atoms with E-state index in [2.05, 4.69) is 26.1 Å². The van der Waals surface area contributed by atoms with E-state index < -0.39 is 0 Å². The summed E-state index contributed by atoms with van der Waals surface area (Å²) in [4.78, 5) is 11.2. The van der Waals surface area contributed by atoms with Crippen LogP contribution in [0.15, 0.2) is 11.6 Å². The molecule has 0 unspecified atom stereocenters. The average molecular weight is 169 g/mol. The van der Waals surface area contributed by atoms with Crippen molar-refractivity contribution >= 4 is 5.91 Å². The molecule has 0 radical (unpaired) electrons. The fraction of sp³-hybridized carbons (Fsp3) is 0.700. The minimum absolute atomic E-state index is 0.0347. The van der Waals surface area contributed by atoms with E-state index in [1.54, 1.807) is 0 Å². The Balaban J connectivity index is 3.89. The lowest BCUT2D eigenvalue weighted by Gasteiger charge is -2.18. The smallest absolute Gasteiger partial charge is 0.246 e. The van der Waals surface area contributed by atoms with E-state index in [-0.39, 0.29) is 11.3 Å². The third-order valence-corrected chi connectivity index (χ3v) is 1.57. The van der Waals surface area contributed by atoms with Crippen molar-refractivity contribution in [1.29, 1.82) is 0 Å². The van der Waals surface area contributed by atoms with Gasteiger partial charge in [-0.15, -0.1) is 0 Å². The van der Waals surface area contributed by atoms with Crippen molar-refractivity contribution < 1.29 is 4.79 Å². The van der Waals surface area contributed by atoms with Crippen LogP contribution in [0, 0.1) is 5.41 Å². The van der Waals surface area contributed by atoms with Crippen LogP contribution in [0.25, 0.3) is 0 Å². The number of hydrogen-bond acceptors (Lipinski definition) is 1. The van der Waals surface area contributed by atoms with Gasteiger partial charge in [-0.3, -0.25) is 4.79 Å². The molecule has 1 amide bonds. The first-order chi connectivity index (χ1) is 5.37. The summed E-state index contributed by atoms with van der Waals surface area (Å²) in [6, 6.07) is 0. The standard InChI is InChI=1S/C10H19NO/c1-6-8(2)9(12)11-7-10(3,4)5/h6H,7H2,1-5H3,(H,11,12)/b8-6-. The number of carbonyl (C=O) groups is 1. The summed E-state index contributed by atoms with van der Waals surface area (Å²) in [6.45, 7) is 10.7. The number of rotatable bonds is 2. The Morgan fingerprint density at radius 3 is 2.25 bits per heavy atom. The topological polar surface area (TPSA) is 29.1 Å². The van der Waals surface area contributed by atoms with Gasteiger partial charge in [-0.05, 0) is 19.3 Å². The maximum absolute atomic E-state index is 11.2. The van der Waals surface area contributed by atoms with Gasteiger partial charge in [0, 0.05) is 12.1 Å². The fourth-order valence-electron chi connectivity index (χ4n) is 0.616. The molecule has 12 heavy (non-hydrogen) atoms. The second-order valence-corrected chi connectivity index (χ2v) is 4.22. The number of amides is 1. The van der Waals surface area contributed by atoms with Crippen molar-refractivity contribution in [2.75, 3.05) is 6.54 Å². The number of allylic oxidation sites excluding steroid dienone is 1. The van der Waals surface area contributed by atoms with Crippen LogP contribution in [0.2, 0.25) is 0 Å². The Kier molecular flexibility index (Phi) is 4.01. The minimum Gasteiger partial charge on any atom is -0.352 e. The van der Waals surface area contributed by atoms with Crippen LogP contribution in [-0.2, 0) is 4.79 Å². The van der Waals surface area contributed by atoms with E-state index in [9.17, 15) is 4.79 Å². The van der Waals surface area contributed by atoms with Crippen LogP contribution < -0.4 is 5.32 Å². The quantitative estimate of drug-likeness (QED) is 0.630. The predicted octanol–water partition coefficient (Wildman–Crippen LogP) is 2.11. The van der Waals surface area contributed by atoms with Crippen molar-refractivity contribution in [3.05, 3.63) is 11.6 Å². The molecule has 0 aromatic rings. The van der Waals surface area contributed by atoms with Gasteiger partial charge >= 0.3 is 0 Å². The molecule has 0 rings (SSSR count). The molecule has 1 N–H and O–H groups in total. The number of carbonyl (C=O) groups excluding carboxylic acids is 1. The summed E-state index contributed by atoms with van der Waals surface area (Å²) in [5.41, 5.74) is 0.934. The van der Waals surface area contributed by atoms with E-state index in [0.717, 1.165) is 12.1 Å². The Labute approximate surface area is 75.0 Å². The number of hydrogen-bond donors (Lipinski definition) is 1. The highest BCUT2D eigenvalue weighted by Gasteiger charge is 2.11. The zero-order valence-corrected chi connectivity index (χ0v) is 8.69. The van der Waals surface area contributed by atoms with Gasteiger partial charge in [-0.25, -0.2) is 0 Å². The maximum atomic E-state index is 11.2. The van der Waals surface area contributed by atoms with Crippen molar-refractivity contribution in [3.8, 4) is 0 Å². The average Bonchev–Trinajstić information content (AvgIpc) is 1.97. The molecule has 0 bridgehead atoms. The highest BCUT2D eigenvalue weighted by molar-refractivity contribution is 5.92. The van der Waals surface area contributed by atoms with Crippen LogP contribution in [0.1, 0.15) is 34.6 Å². The molecule has 0 aliphatic rings. The molecule has 0 spiro atoms. The minimum atomic E-state index is 0.0347. The molecule has 0 aliphatic carbocycles. The Bertz CT molecular complexity index is 187. The Hall–Kier alpha value is -0.790. The van der Waals surface area contributed by atoms with Gasteiger partial charge in [0.05, 0.1) is 0 Å². The number of nitrogens with one attached hydrogen (secondary N) is 1. The van der Waals surface area contributed by atoms with Gasteiger partial charge in [0.25, 0.3) is 0 Å². The largest absolute Gasteiger partial charge is 0.352 e. The molecular weight excluding hydrogens is 150 g/mol. The second kappa shape index (κ2) is 4.29. The van der Waals surface area contributed by atoms with Crippen molar-refractivity contribution in [2.45, 2.75) is 34.6 Å². The molecule has 2 heteroatoms. The highest BCUT2D eigenvalue weighted by Crippen LogP contribution is 2.10. The summed E-state index contributed by atoms with van der Waals surface area (Å²) >= 11 is 0. The zero-order valence-electron chi connectivity index (χ0n) is 8.69. The third kappa shape index (κ3) is 4.94. The molecule has 2 nitrogen and oxygen atoms in total. The van der Waals surface area contributed by atoms with Crippen molar-refractivity contribution in [2.24, 2.45) is 5.41 Å². The molecule has 0 atom stereocenters. The van der Waals surface area contributed by atoms with Gasteiger partial charge in [0.15, 0.2) is 0 Å².